The number of hydrogen-bond acceptors (Lipinski definition) is 4. The van der Waals surface area contributed by atoms with Crippen LogP contribution in [0, 0.1) is 11.8 Å². The lowest BCUT2D eigenvalue weighted by atomic mass is 9.94. The van der Waals surface area contributed by atoms with E-state index in [2.05, 4.69) is 54.6 Å². The van der Waals surface area contributed by atoms with E-state index in [4.69, 9.17) is 13.9 Å². The van der Waals surface area contributed by atoms with Gasteiger partial charge in [-0.25, -0.2) is 4.79 Å². The van der Waals surface area contributed by atoms with Gasteiger partial charge in [0.25, 0.3) is 0 Å². The minimum absolute atomic E-state index is 0.0450. The molecule has 0 aromatic carbocycles. The lowest BCUT2D eigenvalue weighted by molar-refractivity contribution is -0.139. The van der Waals surface area contributed by atoms with Crippen LogP contribution < -0.4 is 0 Å². The normalized spacial score (nSPS) is 22.1. The van der Waals surface area contributed by atoms with Crippen LogP contribution in [0.15, 0.2) is 11.6 Å². The van der Waals surface area contributed by atoms with E-state index in [9.17, 15) is 4.79 Å². The molecule has 0 radical (unpaired) electrons. The highest BCUT2D eigenvalue weighted by Crippen LogP contribution is 2.40. The molecule has 0 spiro atoms. The van der Waals surface area contributed by atoms with Gasteiger partial charge >= 0.3 is 5.97 Å². The van der Waals surface area contributed by atoms with Gasteiger partial charge in [-0.2, -0.15) is 0 Å². The van der Waals surface area contributed by atoms with E-state index in [0.29, 0.717) is 17.9 Å². The Bertz CT molecular complexity index is 877. The first-order valence-electron chi connectivity index (χ1n) is 21.1. The molecule has 1 saturated heterocycles. The maximum absolute atomic E-state index is 11.9. The molecule has 48 heavy (non-hydrogen) atoms. The van der Waals surface area contributed by atoms with Crippen LogP contribution >= 0.6 is 0 Å². The lowest BCUT2D eigenvalue weighted by Crippen LogP contribution is -2.47. The quantitative estimate of drug-likeness (QED) is 0.0466. The number of hydrogen-bond donors (Lipinski definition) is 0. The van der Waals surface area contributed by atoms with E-state index in [0.717, 1.165) is 18.4 Å². The highest BCUT2D eigenvalue weighted by atomic mass is 28.4. The molecule has 0 N–H and O–H groups in total. The average molecular weight is 691 g/mol. The number of unbranched alkanes of at least 4 members (excludes halogenated alkanes) is 16. The summed E-state index contributed by atoms with van der Waals surface area (Å²) in [5.41, 5.74) is 0.889. The first kappa shape index (κ1) is 43.5. The molecule has 0 unspecified atom stereocenters. The molecule has 2 heterocycles. The van der Waals surface area contributed by atoms with Crippen molar-refractivity contribution >= 4 is 14.3 Å². The highest BCUT2D eigenvalue weighted by molar-refractivity contribution is 6.74. The lowest BCUT2D eigenvalue weighted by Gasteiger charge is -2.41. The maximum Gasteiger partial charge on any atom is 0.334 e. The van der Waals surface area contributed by atoms with Crippen molar-refractivity contribution < 1.29 is 18.7 Å². The van der Waals surface area contributed by atoms with Gasteiger partial charge in [0.05, 0.1) is 18.3 Å². The van der Waals surface area contributed by atoms with E-state index < -0.39 is 8.32 Å². The van der Waals surface area contributed by atoms with Gasteiger partial charge < -0.3 is 13.9 Å². The van der Waals surface area contributed by atoms with Gasteiger partial charge in [-0.1, -0.05) is 164 Å². The first-order chi connectivity index (χ1) is 22.8. The number of cyclic esters (lactones) is 1. The third-order valence-corrected chi connectivity index (χ3v) is 16.4. The number of rotatable bonds is 28. The molecule has 1 fully saturated rings. The van der Waals surface area contributed by atoms with Crippen LogP contribution in [0.1, 0.15) is 203 Å². The number of esters is 1. The standard InChI is InChI=1S/C43H82O4Si/c1-10-11-12-13-14-15-16-20-23-26-29-36(3)39-31-32-40(46-39)41(47-48(8,9)43(5,6)7)30-27-24-21-18-17-19-22-25-28-35(2)33-38-34-37(4)45-42(38)44/h34-37,39-41H,10-33H2,1-9H3/t35-,36-,37+,39-,40-,41-/m1/s1. The van der Waals surface area contributed by atoms with Crippen LogP contribution in [-0.4, -0.2) is 38.7 Å². The SMILES string of the molecule is CCCCCCCCCCCC[C@@H](C)[C@H]1CC[C@H]([C@@H](CCCCCCCCCC[C@@H](C)CC2=C[C@H](C)OC2=O)O[Si](C)(C)C(C)(C)C)O1. The van der Waals surface area contributed by atoms with Crippen LogP contribution in [0.2, 0.25) is 18.1 Å². The van der Waals surface area contributed by atoms with Crippen LogP contribution in [0.4, 0.5) is 0 Å². The molecular weight excluding hydrogens is 609 g/mol. The van der Waals surface area contributed by atoms with Gasteiger partial charge in [0.15, 0.2) is 8.32 Å². The van der Waals surface area contributed by atoms with E-state index in [1.807, 2.05) is 13.0 Å². The topological polar surface area (TPSA) is 44.8 Å². The molecule has 5 heteroatoms. The molecule has 0 aromatic rings. The van der Waals surface area contributed by atoms with Crippen molar-refractivity contribution in [1.82, 2.24) is 0 Å². The number of carbonyl (C=O) groups excluding carboxylic acids is 1. The monoisotopic (exact) mass is 691 g/mol. The fraction of sp³-hybridized carbons (Fsp3) is 0.930. The van der Waals surface area contributed by atoms with Crippen LogP contribution in [0.3, 0.4) is 0 Å². The molecule has 0 saturated carbocycles. The summed E-state index contributed by atoms with van der Waals surface area (Å²) in [7, 11) is -1.86. The Morgan fingerprint density at radius 2 is 1.23 bits per heavy atom. The Morgan fingerprint density at radius 1 is 0.750 bits per heavy atom. The van der Waals surface area contributed by atoms with Gasteiger partial charge in [-0.05, 0) is 75.1 Å². The minimum Gasteiger partial charge on any atom is -0.455 e. The Morgan fingerprint density at radius 3 is 1.73 bits per heavy atom. The van der Waals surface area contributed by atoms with Crippen molar-refractivity contribution in [3.05, 3.63) is 11.6 Å². The summed E-state index contributed by atoms with van der Waals surface area (Å²) in [6, 6.07) is 0. The Balaban J connectivity index is 1.63. The summed E-state index contributed by atoms with van der Waals surface area (Å²) in [4.78, 5) is 11.9. The third kappa shape index (κ3) is 17.5. The van der Waals surface area contributed by atoms with E-state index in [-0.39, 0.29) is 29.3 Å². The smallest absolute Gasteiger partial charge is 0.334 e. The summed E-state index contributed by atoms with van der Waals surface area (Å²) >= 11 is 0. The summed E-state index contributed by atoms with van der Waals surface area (Å²) in [6.45, 7) is 20.9. The number of carbonyl (C=O) groups is 1. The van der Waals surface area contributed by atoms with E-state index >= 15 is 0 Å². The molecule has 6 atom stereocenters. The third-order valence-electron chi connectivity index (χ3n) is 11.9. The average Bonchev–Trinajstić information content (AvgIpc) is 3.63. The molecule has 282 valence electrons. The van der Waals surface area contributed by atoms with Crippen molar-refractivity contribution in [2.75, 3.05) is 0 Å². The first-order valence-corrected chi connectivity index (χ1v) is 24.0. The van der Waals surface area contributed by atoms with Crippen molar-refractivity contribution in [3.63, 3.8) is 0 Å². The predicted octanol–water partition coefficient (Wildman–Crippen LogP) is 13.7. The van der Waals surface area contributed by atoms with Crippen LogP contribution in [0.5, 0.6) is 0 Å². The summed E-state index contributed by atoms with van der Waals surface area (Å²) in [6.07, 6.45) is 34.4. The Labute approximate surface area is 300 Å². The molecule has 4 nitrogen and oxygen atoms in total. The van der Waals surface area contributed by atoms with E-state index in [1.165, 1.54) is 141 Å². The van der Waals surface area contributed by atoms with Gasteiger partial charge in [-0.15, -0.1) is 0 Å². The summed E-state index contributed by atoms with van der Waals surface area (Å²) in [5.74, 6) is 1.12. The van der Waals surface area contributed by atoms with E-state index in [1.54, 1.807) is 0 Å². The Kier molecular flexibility index (Phi) is 21.5. The second kappa shape index (κ2) is 23.8. The van der Waals surface area contributed by atoms with Crippen molar-refractivity contribution in [1.29, 1.82) is 0 Å². The summed E-state index contributed by atoms with van der Waals surface area (Å²) < 4.78 is 19.2. The van der Waals surface area contributed by atoms with Crippen molar-refractivity contribution in [2.45, 2.75) is 245 Å². The van der Waals surface area contributed by atoms with Gasteiger partial charge in [0.2, 0.25) is 0 Å². The fourth-order valence-electron chi connectivity index (χ4n) is 7.55. The van der Waals surface area contributed by atoms with Gasteiger partial charge in [0, 0.05) is 5.57 Å². The molecule has 0 bridgehead atoms. The largest absolute Gasteiger partial charge is 0.455 e. The molecule has 2 aliphatic rings. The van der Waals surface area contributed by atoms with Gasteiger partial charge in [-0.3, -0.25) is 0 Å². The zero-order valence-electron chi connectivity index (χ0n) is 33.6. The molecular formula is C43H82O4Si. The van der Waals surface area contributed by atoms with Crippen LogP contribution in [0.25, 0.3) is 0 Å². The molecule has 2 aliphatic heterocycles. The zero-order valence-corrected chi connectivity index (χ0v) is 34.6. The number of ether oxygens (including phenoxy) is 2. The maximum atomic E-state index is 11.9. The second-order valence-electron chi connectivity index (χ2n) is 17.7. The van der Waals surface area contributed by atoms with Crippen LogP contribution in [-0.2, 0) is 18.7 Å². The minimum atomic E-state index is -1.86. The van der Waals surface area contributed by atoms with Gasteiger partial charge in [0.1, 0.15) is 6.10 Å². The predicted molar refractivity (Wildman–Crippen MR) is 209 cm³/mol. The van der Waals surface area contributed by atoms with Crippen molar-refractivity contribution in [3.8, 4) is 0 Å². The summed E-state index contributed by atoms with van der Waals surface area (Å²) in [5, 5.41) is 0.224. The second-order valence-corrected chi connectivity index (χ2v) is 22.4. The molecule has 0 aromatic heterocycles. The van der Waals surface area contributed by atoms with Crippen molar-refractivity contribution in [2.24, 2.45) is 11.8 Å². The molecule has 0 aliphatic carbocycles. The molecule has 0 amide bonds. The Hall–Kier alpha value is -0.653. The molecule has 2 rings (SSSR count). The fourth-order valence-corrected chi connectivity index (χ4v) is 8.93. The highest BCUT2D eigenvalue weighted by Gasteiger charge is 2.42. The zero-order chi connectivity index (χ0) is 35.4.